The van der Waals surface area contributed by atoms with Crippen molar-refractivity contribution < 1.29 is 48.2 Å². The van der Waals surface area contributed by atoms with Crippen LogP contribution in [0.25, 0.3) is 0 Å². The molecule has 0 bridgehead atoms. The minimum absolute atomic E-state index is 0. The fourth-order valence-corrected chi connectivity index (χ4v) is 1.73. The van der Waals surface area contributed by atoms with Gasteiger partial charge in [-0.2, -0.15) is 6.42 Å². The Labute approximate surface area is 168 Å². The third-order valence-corrected chi connectivity index (χ3v) is 3.01. The zero-order valence-electron chi connectivity index (χ0n) is 16.5. The topological polar surface area (TPSA) is 104 Å². The van der Waals surface area contributed by atoms with Crippen LogP contribution in [0.15, 0.2) is 24.0 Å². The van der Waals surface area contributed by atoms with Gasteiger partial charge < -0.3 is 26.8 Å². The molecule has 0 radical (unpaired) electrons. The first-order valence-corrected chi connectivity index (χ1v) is 8.04. The van der Waals surface area contributed by atoms with Crippen LogP contribution in [-0.2, 0) is 19.1 Å². The maximum absolute atomic E-state index is 11.5. The van der Waals surface area contributed by atoms with Crippen LogP contribution in [0.2, 0.25) is 0 Å². The molecule has 144 valence electrons. The molecule has 0 spiro atoms. The monoisotopic (exact) mass is 363 g/mol. The number of carbonyl (C=O) groups excluding carboxylic acids is 1. The zero-order chi connectivity index (χ0) is 19.8. The number of ether oxygens (including phenoxy) is 1. The smallest absolute Gasteiger partial charge is 0.501 e. The Morgan fingerprint density at radius 3 is 2.04 bits per heavy atom. The maximum atomic E-state index is 11.5. The fourth-order valence-electron chi connectivity index (χ4n) is 1.73. The average Bonchev–Trinajstić information content (AvgIpc) is 2.55. The summed E-state index contributed by atoms with van der Waals surface area (Å²) >= 11 is 0. The zero-order valence-corrected chi connectivity index (χ0v) is 16.5. The summed E-state index contributed by atoms with van der Waals surface area (Å²) in [7, 11) is 5.59. The van der Waals surface area contributed by atoms with Gasteiger partial charge in [-0.3, -0.25) is 4.79 Å². The summed E-state index contributed by atoms with van der Waals surface area (Å²) in [4.78, 5) is 32.7. The van der Waals surface area contributed by atoms with E-state index in [1.807, 2.05) is 19.0 Å². The van der Waals surface area contributed by atoms with Gasteiger partial charge >= 0.3 is 30.8 Å². The number of hydrogen-bond acceptors (Lipinski definition) is 5. The molecule has 0 aromatic rings. The Morgan fingerprint density at radius 1 is 1.31 bits per heavy atom. The molecule has 0 saturated carbocycles. The van der Waals surface area contributed by atoms with Crippen LogP contribution in [0.5, 0.6) is 0 Å². The van der Waals surface area contributed by atoms with Gasteiger partial charge in [-0.05, 0) is 20.5 Å². The molecular weight excluding hydrogens is 333 g/mol. The molecule has 7 nitrogen and oxygen atoms in total. The van der Waals surface area contributed by atoms with Crippen LogP contribution >= 0.6 is 0 Å². The number of carbonyl (C=O) groups is 3. The largest absolute Gasteiger partial charge is 1.00 e. The molecular formula is C18H30LiNO6. The van der Waals surface area contributed by atoms with Crippen molar-refractivity contribution in [2.45, 2.75) is 32.6 Å². The number of unbranched alkanes of at least 4 members (excludes halogenated alkanes) is 1. The summed E-state index contributed by atoms with van der Waals surface area (Å²) < 4.78 is 5.04. The first-order valence-electron chi connectivity index (χ1n) is 8.04. The summed E-state index contributed by atoms with van der Waals surface area (Å²) in [5, 5.41) is 15.6. The van der Waals surface area contributed by atoms with Gasteiger partial charge in [0.2, 0.25) is 0 Å². The number of methoxy groups -OCH3 is 1. The molecule has 0 aromatic carbocycles. The van der Waals surface area contributed by atoms with Crippen LogP contribution in [-0.4, -0.2) is 60.6 Å². The number of hydrogen-bond donors (Lipinski definition) is 2. The maximum Gasteiger partial charge on any atom is 1.00 e. The molecule has 0 aliphatic heterocycles. The predicted molar refractivity (Wildman–Crippen MR) is 96.1 cm³/mol. The van der Waals surface area contributed by atoms with Crippen molar-refractivity contribution in [2.75, 3.05) is 27.7 Å². The van der Waals surface area contributed by atoms with Gasteiger partial charge in [0.25, 0.3) is 0 Å². The van der Waals surface area contributed by atoms with Crippen molar-refractivity contribution >= 4 is 17.7 Å². The molecule has 2 N–H and O–H groups in total. The minimum atomic E-state index is -1.26. The Balaban J connectivity index is -0.000000351. The molecule has 8 heteroatoms. The van der Waals surface area contributed by atoms with E-state index in [4.69, 9.17) is 14.9 Å². The molecule has 1 rings (SSSR count). The molecule has 1 aliphatic carbocycles. The molecule has 26 heavy (non-hydrogen) atoms. The van der Waals surface area contributed by atoms with Crippen molar-refractivity contribution in [1.29, 1.82) is 0 Å². The molecule has 1 aliphatic rings. The van der Waals surface area contributed by atoms with Gasteiger partial charge in [-0.25, -0.2) is 9.59 Å². The van der Waals surface area contributed by atoms with Crippen LogP contribution in [0.1, 0.15) is 32.6 Å². The Kier molecular flexibility index (Phi) is 20.5. The second-order valence-corrected chi connectivity index (χ2v) is 5.58. The molecule has 0 fully saturated rings. The molecule has 0 saturated heterocycles. The van der Waals surface area contributed by atoms with Crippen molar-refractivity contribution in [3.8, 4) is 0 Å². The van der Waals surface area contributed by atoms with Crippen molar-refractivity contribution in [2.24, 2.45) is 5.92 Å². The number of aliphatic carboxylic acids is 2. The summed E-state index contributed by atoms with van der Waals surface area (Å²) in [5.41, 5.74) is 0. The Hall–Kier alpha value is -1.55. The number of allylic oxidation sites excluding steroid dienone is 2. The predicted octanol–water partition coefficient (Wildman–Crippen LogP) is -0.606. The molecule has 0 aromatic heterocycles. The van der Waals surface area contributed by atoms with Crippen molar-refractivity contribution in [1.82, 2.24) is 4.90 Å². The number of carboxylic acid groups (broad SMARTS) is 2. The normalized spacial score (nSPS) is 15.7. The Morgan fingerprint density at radius 2 is 1.77 bits per heavy atom. The standard InChI is InChI=1S/C10H17NO2.C4H4O4.C4H9.Li/c1-11(2)7-8-4-5-9(13-3)6-10(8)12;5-3(6)1-2-4(7)8;1-3-4-2;/h6,8H,4-5,7H2,1-3H3;1-2H,(H,5,6)(H,7,8);1,3-4H2,2H3;/q;;-1;+1/b;2-1-;;. The Bertz CT molecular complexity index is 456. The van der Waals surface area contributed by atoms with Gasteiger partial charge in [0.05, 0.1) is 12.9 Å². The minimum Gasteiger partial charge on any atom is -0.501 e. The van der Waals surface area contributed by atoms with Gasteiger partial charge in [0.15, 0.2) is 5.78 Å². The molecule has 1 atom stereocenters. The van der Waals surface area contributed by atoms with Gasteiger partial charge in [-0.15, -0.1) is 0 Å². The van der Waals surface area contributed by atoms with Crippen LogP contribution < -0.4 is 18.9 Å². The quantitative estimate of drug-likeness (QED) is 0.369. The van der Waals surface area contributed by atoms with Gasteiger partial charge in [0.1, 0.15) is 0 Å². The second-order valence-electron chi connectivity index (χ2n) is 5.58. The van der Waals surface area contributed by atoms with E-state index in [0.29, 0.717) is 12.2 Å². The van der Waals surface area contributed by atoms with Crippen molar-refractivity contribution in [3.05, 3.63) is 30.9 Å². The summed E-state index contributed by atoms with van der Waals surface area (Å²) in [5.74, 6) is -1.33. The third-order valence-electron chi connectivity index (χ3n) is 3.01. The average molecular weight is 363 g/mol. The second kappa shape index (κ2) is 18.2. The molecule has 1 unspecified atom stereocenters. The SMILES string of the molecule is COC1=CC(=O)C(CN(C)C)CC1.O=C(O)/C=C\C(=O)O.[CH2-]CCC.[Li+]. The van der Waals surface area contributed by atoms with Gasteiger partial charge in [0, 0.05) is 37.1 Å². The van der Waals surface area contributed by atoms with E-state index in [0.717, 1.165) is 31.6 Å². The van der Waals surface area contributed by atoms with Crippen LogP contribution in [0.3, 0.4) is 0 Å². The summed E-state index contributed by atoms with van der Waals surface area (Å²) in [6.07, 6.45) is 6.83. The number of carboxylic acids is 2. The first-order chi connectivity index (χ1) is 11.7. The van der Waals surface area contributed by atoms with Crippen LogP contribution in [0.4, 0.5) is 0 Å². The number of ketones is 1. The first kappa shape index (κ1) is 29.2. The van der Waals surface area contributed by atoms with E-state index in [-0.39, 0.29) is 30.6 Å². The van der Waals surface area contributed by atoms with E-state index in [1.165, 1.54) is 6.42 Å². The van der Waals surface area contributed by atoms with E-state index < -0.39 is 11.9 Å². The molecule has 0 amide bonds. The van der Waals surface area contributed by atoms with E-state index in [1.54, 1.807) is 13.2 Å². The third kappa shape index (κ3) is 18.8. The van der Waals surface area contributed by atoms with E-state index >= 15 is 0 Å². The van der Waals surface area contributed by atoms with E-state index in [9.17, 15) is 14.4 Å². The summed E-state index contributed by atoms with van der Waals surface area (Å²) in [6.45, 7) is 6.56. The van der Waals surface area contributed by atoms with Crippen molar-refractivity contribution in [3.63, 3.8) is 0 Å². The van der Waals surface area contributed by atoms with Gasteiger partial charge in [-0.1, -0.05) is 13.3 Å². The number of nitrogens with zero attached hydrogens (tertiary/aromatic N) is 1. The number of rotatable bonds is 6. The van der Waals surface area contributed by atoms with E-state index in [2.05, 4.69) is 13.8 Å². The molecule has 0 heterocycles. The summed E-state index contributed by atoms with van der Waals surface area (Å²) in [6, 6.07) is 0. The fraction of sp³-hybridized carbons (Fsp3) is 0.556. The van der Waals surface area contributed by atoms with Crippen LogP contribution in [0, 0.1) is 12.8 Å².